The molecule has 1 aliphatic rings. The summed E-state index contributed by atoms with van der Waals surface area (Å²) < 4.78 is 0. The van der Waals surface area contributed by atoms with Gasteiger partial charge in [0.05, 0.1) is 0 Å². The van der Waals surface area contributed by atoms with Gasteiger partial charge in [0.15, 0.2) is 0 Å². The van der Waals surface area contributed by atoms with Crippen molar-refractivity contribution in [3.63, 3.8) is 0 Å². The Morgan fingerprint density at radius 1 is 1.41 bits per heavy atom. The van der Waals surface area contributed by atoms with E-state index in [1.165, 1.54) is 24.2 Å². The summed E-state index contributed by atoms with van der Waals surface area (Å²) in [5.41, 5.74) is 6.23. The summed E-state index contributed by atoms with van der Waals surface area (Å²) >= 11 is 7.91. The van der Waals surface area contributed by atoms with Crippen LogP contribution in [0.5, 0.6) is 0 Å². The SMILES string of the molecule is CCC1CCC(N)C(Sc2cccc(Cl)c2)C1. The van der Waals surface area contributed by atoms with Crippen molar-refractivity contribution in [2.75, 3.05) is 0 Å². The van der Waals surface area contributed by atoms with E-state index in [1.807, 2.05) is 30.0 Å². The highest BCUT2D eigenvalue weighted by molar-refractivity contribution is 8.00. The summed E-state index contributed by atoms with van der Waals surface area (Å²) in [6.45, 7) is 2.28. The van der Waals surface area contributed by atoms with Crippen LogP contribution in [0, 0.1) is 5.92 Å². The fourth-order valence-electron chi connectivity index (χ4n) is 2.46. The Bertz CT molecular complexity index is 369. The second-order valence-corrected chi connectivity index (χ2v) is 6.61. The smallest absolute Gasteiger partial charge is 0.0417 e. The van der Waals surface area contributed by atoms with E-state index in [9.17, 15) is 0 Å². The van der Waals surface area contributed by atoms with Crippen molar-refractivity contribution < 1.29 is 0 Å². The molecule has 94 valence electrons. The van der Waals surface area contributed by atoms with Crippen LogP contribution in [-0.2, 0) is 0 Å². The van der Waals surface area contributed by atoms with Crippen LogP contribution in [0.4, 0.5) is 0 Å². The fraction of sp³-hybridized carbons (Fsp3) is 0.571. The molecule has 0 heterocycles. The molecule has 2 N–H and O–H groups in total. The maximum Gasteiger partial charge on any atom is 0.0417 e. The van der Waals surface area contributed by atoms with Crippen LogP contribution in [-0.4, -0.2) is 11.3 Å². The summed E-state index contributed by atoms with van der Waals surface area (Å²) in [6.07, 6.45) is 4.98. The van der Waals surface area contributed by atoms with Gasteiger partial charge in [0, 0.05) is 21.2 Å². The van der Waals surface area contributed by atoms with E-state index in [1.54, 1.807) is 0 Å². The molecular weight excluding hydrogens is 250 g/mol. The molecule has 3 heteroatoms. The number of halogens is 1. The molecule has 0 spiro atoms. The molecular formula is C14H20ClNS. The minimum atomic E-state index is 0.335. The van der Waals surface area contributed by atoms with E-state index in [0.717, 1.165) is 17.4 Å². The molecule has 1 saturated carbocycles. The first kappa shape index (κ1) is 13.3. The Morgan fingerprint density at radius 3 is 2.94 bits per heavy atom. The Kier molecular flexibility index (Phi) is 4.78. The second kappa shape index (κ2) is 6.12. The maximum atomic E-state index is 6.23. The monoisotopic (exact) mass is 269 g/mol. The number of nitrogens with two attached hydrogens (primary N) is 1. The minimum absolute atomic E-state index is 0.335. The first-order chi connectivity index (χ1) is 8.19. The van der Waals surface area contributed by atoms with Crippen molar-refractivity contribution in [3.05, 3.63) is 29.3 Å². The lowest BCUT2D eigenvalue weighted by molar-refractivity contribution is 0.327. The zero-order valence-electron chi connectivity index (χ0n) is 10.2. The van der Waals surface area contributed by atoms with Crippen LogP contribution in [0.3, 0.4) is 0 Å². The van der Waals surface area contributed by atoms with Gasteiger partial charge in [-0.1, -0.05) is 31.0 Å². The summed E-state index contributed by atoms with van der Waals surface area (Å²) in [6, 6.07) is 8.42. The number of thioether (sulfide) groups is 1. The molecule has 1 fully saturated rings. The van der Waals surface area contributed by atoms with Crippen LogP contribution in [0.25, 0.3) is 0 Å². The van der Waals surface area contributed by atoms with Gasteiger partial charge in [-0.15, -0.1) is 11.8 Å². The van der Waals surface area contributed by atoms with Gasteiger partial charge >= 0.3 is 0 Å². The second-order valence-electron chi connectivity index (χ2n) is 4.86. The molecule has 0 saturated heterocycles. The van der Waals surface area contributed by atoms with E-state index >= 15 is 0 Å². The van der Waals surface area contributed by atoms with Crippen LogP contribution in [0.15, 0.2) is 29.2 Å². The van der Waals surface area contributed by atoms with Gasteiger partial charge in [-0.25, -0.2) is 0 Å². The average molecular weight is 270 g/mol. The van der Waals surface area contributed by atoms with Crippen LogP contribution in [0.2, 0.25) is 5.02 Å². The third-order valence-corrected chi connectivity index (χ3v) is 5.22. The van der Waals surface area contributed by atoms with Gasteiger partial charge in [-0.2, -0.15) is 0 Å². The number of hydrogen-bond donors (Lipinski definition) is 1. The third-order valence-electron chi connectivity index (χ3n) is 3.61. The predicted octanol–water partition coefficient (Wildman–Crippen LogP) is 4.34. The molecule has 17 heavy (non-hydrogen) atoms. The zero-order valence-corrected chi connectivity index (χ0v) is 11.8. The molecule has 1 aromatic carbocycles. The molecule has 0 aromatic heterocycles. The highest BCUT2D eigenvalue weighted by atomic mass is 35.5. The number of rotatable bonds is 3. The molecule has 0 bridgehead atoms. The molecule has 1 aliphatic carbocycles. The van der Waals surface area contributed by atoms with Crippen molar-refractivity contribution in [1.82, 2.24) is 0 Å². The van der Waals surface area contributed by atoms with Crippen molar-refractivity contribution in [2.45, 2.75) is 48.8 Å². The zero-order chi connectivity index (χ0) is 12.3. The molecule has 0 aliphatic heterocycles. The van der Waals surface area contributed by atoms with Crippen LogP contribution in [0.1, 0.15) is 32.6 Å². The molecule has 0 amide bonds. The first-order valence-electron chi connectivity index (χ1n) is 6.37. The lowest BCUT2D eigenvalue weighted by atomic mass is 9.84. The normalized spacial score (nSPS) is 29.2. The Hall–Kier alpha value is -0.180. The predicted molar refractivity (Wildman–Crippen MR) is 76.7 cm³/mol. The Labute approximate surface area is 113 Å². The van der Waals surface area contributed by atoms with Gasteiger partial charge < -0.3 is 5.73 Å². The van der Waals surface area contributed by atoms with Crippen molar-refractivity contribution >= 4 is 23.4 Å². The highest BCUT2D eigenvalue weighted by Crippen LogP contribution is 2.37. The summed E-state index contributed by atoms with van der Waals surface area (Å²) in [5, 5.41) is 1.36. The van der Waals surface area contributed by atoms with Gasteiger partial charge in [0.1, 0.15) is 0 Å². The maximum absolute atomic E-state index is 6.23. The average Bonchev–Trinajstić information content (AvgIpc) is 2.32. The third kappa shape index (κ3) is 3.64. The van der Waals surface area contributed by atoms with Crippen LogP contribution < -0.4 is 5.73 Å². The first-order valence-corrected chi connectivity index (χ1v) is 7.62. The largest absolute Gasteiger partial charge is 0.327 e. The summed E-state index contributed by atoms with van der Waals surface area (Å²) in [4.78, 5) is 1.25. The molecule has 2 rings (SSSR count). The standard InChI is InChI=1S/C14H20ClNS/c1-2-10-6-7-13(16)14(8-10)17-12-5-3-4-11(15)9-12/h3-5,9-10,13-14H,2,6-8,16H2,1H3. The molecule has 0 radical (unpaired) electrons. The lowest BCUT2D eigenvalue weighted by Gasteiger charge is -2.33. The fourth-order valence-corrected chi connectivity index (χ4v) is 4.09. The quantitative estimate of drug-likeness (QED) is 0.883. The van der Waals surface area contributed by atoms with Crippen molar-refractivity contribution in [3.8, 4) is 0 Å². The topological polar surface area (TPSA) is 26.0 Å². The molecule has 1 aromatic rings. The van der Waals surface area contributed by atoms with E-state index in [2.05, 4.69) is 13.0 Å². The molecule has 3 atom stereocenters. The molecule has 3 unspecified atom stereocenters. The summed E-state index contributed by atoms with van der Waals surface area (Å²) in [7, 11) is 0. The Morgan fingerprint density at radius 2 is 2.24 bits per heavy atom. The van der Waals surface area contributed by atoms with E-state index < -0.39 is 0 Å². The minimum Gasteiger partial charge on any atom is -0.327 e. The van der Waals surface area contributed by atoms with Gasteiger partial charge in [-0.05, 0) is 43.4 Å². The van der Waals surface area contributed by atoms with Crippen molar-refractivity contribution in [1.29, 1.82) is 0 Å². The lowest BCUT2D eigenvalue weighted by Crippen LogP contribution is -2.38. The van der Waals surface area contributed by atoms with E-state index in [4.69, 9.17) is 17.3 Å². The van der Waals surface area contributed by atoms with Crippen molar-refractivity contribution in [2.24, 2.45) is 11.7 Å². The van der Waals surface area contributed by atoms with Gasteiger partial charge in [-0.3, -0.25) is 0 Å². The summed E-state index contributed by atoms with van der Waals surface area (Å²) in [5.74, 6) is 0.853. The number of benzene rings is 1. The highest BCUT2D eigenvalue weighted by Gasteiger charge is 2.27. The van der Waals surface area contributed by atoms with E-state index in [0.29, 0.717) is 11.3 Å². The number of hydrogen-bond acceptors (Lipinski definition) is 2. The Balaban J connectivity index is 2.01. The van der Waals surface area contributed by atoms with Crippen LogP contribution >= 0.6 is 23.4 Å². The van der Waals surface area contributed by atoms with E-state index in [-0.39, 0.29) is 0 Å². The molecule has 1 nitrogen and oxygen atoms in total. The van der Waals surface area contributed by atoms with Gasteiger partial charge in [0.25, 0.3) is 0 Å². The van der Waals surface area contributed by atoms with Gasteiger partial charge in [0.2, 0.25) is 0 Å².